The smallest absolute Gasteiger partial charge is 0.311 e. The van der Waals surface area contributed by atoms with Gasteiger partial charge in [-0.1, -0.05) is 30.3 Å². The molecule has 0 unspecified atom stereocenters. The van der Waals surface area contributed by atoms with Crippen LogP contribution in [0.1, 0.15) is 24.9 Å². The molecule has 2 amide bonds. The Hall–Kier alpha value is -3.22. The van der Waals surface area contributed by atoms with Crippen molar-refractivity contribution in [2.75, 3.05) is 18.5 Å². The second kappa shape index (κ2) is 8.65. The average molecular weight is 384 g/mol. The number of esters is 1. The van der Waals surface area contributed by atoms with Crippen molar-refractivity contribution >= 4 is 23.5 Å². The van der Waals surface area contributed by atoms with Gasteiger partial charge in [0, 0.05) is 18.7 Å². The highest BCUT2D eigenvalue weighted by Gasteiger charge is 2.38. The van der Waals surface area contributed by atoms with Gasteiger partial charge in [-0.3, -0.25) is 14.4 Å². The van der Waals surface area contributed by atoms with Crippen LogP contribution in [0.4, 0.5) is 10.1 Å². The summed E-state index contributed by atoms with van der Waals surface area (Å²) in [7, 11) is 0. The number of hydrogen-bond donors (Lipinski definition) is 1. The second-order valence-electron chi connectivity index (χ2n) is 6.70. The van der Waals surface area contributed by atoms with Crippen LogP contribution in [-0.2, 0) is 19.1 Å². The first-order valence-corrected chi connectivity index (χ1v) is 9.00. The lowest BCUT2D eigenvalue weighted by atomic mass is 10.1. The van der Waals surface area contributed by atoms with Gasteiger partial charge >= 0.3 is 5.97 Å². The van der Waals surface area contributed by atoms with Gasteiger partial charge in [0.15, 0.2) is 6.61 Å². The van der Waals surface area contributed by atoms with Crippen LogP contribution >= 0.6 is 0 Å². The Morgan fingerprint density at radius 2 is 1.86 bits per heavy atom. The summed E-state index contributed by atoms with van der Waals surface area (Å²) in [5.74, 6) is -2.24. The van der Waals surface area contributed by atoms with Crippen LogP contribution in [0.5, 0.6) is 0 Å². The Balaban J connectivity index is 1.50. The molecule has 3 rings (SSSR count). The van der Waals surface area contributed by atoms with E-state index < -0.39 is 30.2 Å². The molecule has 1 aliphatic heterocycles. The van der Waals surface area contributed by atoms with Crippen LogP contribution < -0.4 is 5.32 Å². The van der Waals surface area contributed by atoms with Gasteiger partial charge in [-0.25, -0.2) is 4.39 Å². The predicted octanol–water partition coefficient (Wildman–Crippen LogP) is 2.92. The Morgan fingerprint density at radius 3 is 2.54 bits per heavy atom. The molecule has 0 aliphatic carbocycles. The zero-order valence-electron chi connectivity index (χ0n) is 15.4. The van der Waals surface area contributed by atoms with E-state index in [1.807, 2.05) is 37.3 Å². The summed E-state index contributed by atoms with van der Waals surface area (Å²) in [6.45, 7) is 1.71. The molecule has 1 aliphatic rings. The first-order valence-electron chi connectivity index (χ1n) is 9.00. The Bertz CT molecular complexity index is 854. The summed E-state index contributed by atoms with van der Waals surface area (Å²) in [4.78, 5) is 38.1. The maximum absolute atomic E-state index is 12.9. The third-order valence-electron chi connectivity index (χ3n) is 4.71. The molecule has 2 aromatic rings. The SMILES string of the molecule is C[C@H](c1ccccc1)N1C[C@H](C(=O)OCC(=O)Nc2ccc(F)cc2)CC1=O. The number of rotatable bonds is 6. The highest BCUT2D eigenvalue weighted by atomic mass is 19.1. The third-order valence-corrected chi connectivity index (χ3v) is 4.71. The summed E-state index contributed by atoms with van der Waals surface area (Å²) < 4.78 is 17.9. The number of nitrogens with zero attached hydrogens (tertiary/aromatic N) is 1. The minimum Gasteiger partial charge on any atom is -0.455 e. The summed E-state index contributed by atoms with van der Waals surface area (Å²) in [6, 6.07) is 14.7. The van der Waals surface area contributed by atoms with E-state index in [0.717, 1.165) is 5.56 Å². The third kappa shape index (κ3) is 4.73. The minimum atomic E-state index is -0.600. The maximum atomic E-state index is 12.9. The van der Waals surface area contributed by atoms with Crippen molar-refractivity contribution in [1.29, 1.82) is 0 Å². The molecule has 0 saturated carbocycles. The van der Waals surface area contributed by atoms with Crippen LogP contribution in [0.3, 0.4) is 0 Å². The summed E-state index contributed by atoms with van der Waals surface area (Å²) in [5, 5.41) is 2.51. The van der Waals surface area contributed by atoms with Crippen molar-refractivity contribution in [3.05, 3.63) is 66.0 Å². The Kier molecular flexibility index (Phi) is 6.03. The van der Waals surface area contributed by atoms with Gasteiger partial charge in [0.05, 0.1) is 12.0 Å². The van der Waals surface area contributed by atoms with Crippen LogP contribution in [0.15, 0.2) is 54.6 Å². The van der Waals surface area contributed by atoms with Gasteiger partial charge in [-0.2, -0.15) is 0 Å². The number of benzene rings is 2. The summed E-state index contributed by atoms with van der Waals surface area (Å²) in [6.07, 6.45) is 0.0651. The van der Waals surface area contributed by atoms with Crippen LogP contribution in [-0.4, -0.2) is 35.8 Å². The zero-order chi connectivity index (χ0) is 20.1. The van der Waals surface area contributed by atoms with Crippen LogP contribution in [0, 0.1) is 11.7 Å². The van der Waals surface area contributed by atoms with Crippen molar-refractivity contribution in [2.24, 2.45) is 5.92 Å². The summed E-state index contributed by atoms with van der Waals surface area (Å²) in [5.41, 5.74) is 1.39. The topological polar surface area (TPSA) is 75.7 Å². The normalized spacial score (nSPS) is 17.3. The average Bonchev–Trinajstić information content (AvgIpc) is 3.10. The molecule has 1 N–H and O–H groups in total. The first kappa shape index (κ1) is 19.5. The largest absolute Gasteiger partial charge is 0.455 e. The van der Waals surface area contributed by atoms with Gasteiger partial charge in [-0.05, 0) is 36.8 Å². The van der Waals surface area contributed by atoms with E-state index in [0.29, 0.717) is 5.69 Å². The monoisotopic (exact) mass is 384 g/mol. The van der Waals surface area contributed by atoms with Gasteiger partial charge in [0.2, 0.25) is 5.91 Å². The lowest BCUT2D eigenvalue weighted by molar-refractivity contribution is -0.151. The minimum absolute atomic E-state index is 0.0651. The van der Waals surface area contributed by atoms with Crippen molar-refractivity contribution in [3.8, 4) is 0 Å². The standard InChI is InChI=1S/C21H21FN2O4/c1-14(15-5-3-2-4-6-15)24-12-16(11-20(24)26)21(27)28-13-19(25)23-18-9-7-17(22)8-10-18/h2-10,14,16H,11-13H2,1H3,(H,23,25)/t14-,16-/m1/s1. The van der Waals surface area contributed by atoms with E-state index in [2.05, 4.69) is 5.32 Å². The van der Waals surface area contributed by atoms with Gasteiger partial charge in [0.25, 0.3) is 5.91 Å². The number of amides is 2. The van der Waals surface area contributed by atoms with Crippen LogP contribution in [0.25, 0.3) is 0 Å². The van der Waals surface area contributed by atoms with Crippen molar-refractivity contribution < 1.29 is 23.5 Å². The predicted molar refractivity (Wildman–Crippen MR) is 101 cm³/mol. The number of hydrogen-bond acceptors (Lipinski definition) is 4. The van der Waals surface area contributed by atoms with E-state index in [4.69, 9.17) is 4.74 Å². The molecule has 6 nitrogen and oxygen atoms in total. The molecule has 2 aromatic carbocycles. The fourth-order valence-electron chi connectivity index (χ4n) is 3.16. The van der Waals surface area contributed by atoms with Gasteiger partial charge in [-0.15, -0.1) is 0 Å². The molecule has 0 aromatic heterocycles. The summed E-state index contributed by atoms with van der Waals surface area (Å²) >= 11 is 0. The van der Waals surface area contributed by atoms with Gasteiger partial charge < -0.3 is 15.0 Å². The van der Waals surface area contributed by atoms with Crippen molar-refractivity contribution in [2.45, 2.75) is 19.4 Å². The molecule has 7 heteroatoms. The zero-order valence-corrected chi connectivity index (χ0v) is 15.4. The lowest BCUT2D eigenvalue weighted by Crippen LogP contribution is -2.30. The molecule has 0 spiro atoms. The number of likely N-dealkylation sites (tertiary alicyclic amines) is 1. The molecular weight excluding hydrogens is 363 g/mol. The van der Waals surface area contributed by atoms with Crippen molar-refractivity contribution in [1.82, 2.24) is 4.90 Å². The molecule has 1 heterocycles. The number of halogens is 1. The number of carbonyl (C=O) groups excluding carboxylic acids is 3. The number of carbonyl (C=O) groups is 3. The fourth-order valence-corrected chi connectivity index (χ4v) is 3.16. The number of anilines is 1. The molecule has 146 valence electrons. The van der Waals surface area contributed by atoms with E-state index in [1.165, 1.54) is 24.3 Å². The molecule has 1 fully saturated rings. The van der Waals surface area contributed by atoms with Gasteiger partial charge in [0.1, 0.15) is 5.82 Å². The molecule has 2 atom stereocenters. The van der Waals surface area contributed by atoms with E-state index in [-0.39, 0.29) is 24.9 Å². The molecule has 1 saturated heterocycles. The number of ether oxygens (including phenoxy) is 1. The molecular formula is C21H21FN2O4. The second-order valence-corrected chi connectivity index (χ2v) is 6.70. The van der Waals surface area contributed by atoms with Crippen molar-refractivity contribution in [3.63, 3.8) is 0 Å². The number of nitrogens with one attached hydrogen (secondary N) is 1. The Morgan fingerprint density at radius 1 is 1.18 bits per heavy atom. The molecule has 0 bridgehead atoms. The maximum Gasteiger partial charge on any atom is 0.311 e. The molecule has 28 heavy (non-hydrogen) atoms. The quantitative estimate of drug-likeness (QED) is 0.777. The van der Waals surface area contributed by atoms with E-state index in [9.17, 15) is 18.8 Å². The first-order chi connectivity index (χ1) is 13.4. The Labute approximate surface area is 162 Å². The highest BCUT2D eigenvalue weighted by molar-refractivity contribution is 5.93. The van der Waals surface area contributed by atoms with Crippen LogP contribution in [0.2, 0.25) is 0 Å². The molecule has 0 radical (unpaired) electrons. The highest BCUT2D eigenvalue weighted by Crippen LogP contribution is 2.28. The fraction of sp³-hybridized carbons (Fsp3) is 0.286. The van der Waals surface area contributed by atoms with E-state index >= 15 is 0 Å². The lowest BCUT2D eigenvalue weighted by Gasteiger charge is -2.25. The van der Waals surface area contributed by atoms with E-state index in [1.54, 1.807) is 4.90 Å².